The van der Waals surface area contributed by atoms with Crippen LogP contribution in [0.2, 0.25) is 5.02 Å². The van der Waals surface area contributed by atoms with Gasteiger partial charge in [-0.25, -0.2) is 0 Å². The van der Waals surface area contributed by atoms with Gasteiger partial charge in [0, 0.05) is 10.7 Å². The first-order valence-electron chi connectivity index (χ1n) is 8.37. The molecule has 3 heterocycles. The molecule has 0 spiro atoms. The molecule has 0 aliphatic carbocycles. The largest absolute Gasteiger partial charge is 0.467 e. The average Bonchev–Trinajstić information content (AvgIpc) is 3.44. The SMILES string of the molecule is O=C(CSc1nnc(-c2cccs2)n1Cc1ccco1)Nc1ccc(Cl)cc1. The zero-order chi connectivity index (χ0) is 19.3. The van der Waals surface area contributed by atoms with Crippen molar-refractivity contribution in [3.8, 4) is 10.7 Å². The van der Waals surface area contributed by atoms with Gasteiger partial charge in [-0.1, -0.05) is 29.4 Å². The first-order valence-corrected chi connectivity index (χ1v) is 10.6. The molecule has 0 saturated carbocycles. The number of rotatable bonds is 7. The summed E-state index contributed by atoms with van der Waals surface area (Å²) >= 11 is 8.79. The molecule has 1 aromatic carbocycles. The lowest BCUT2D eigenvalue weighted by Crippen LogP contribution is -2.14. The minimum absolute atomic E-state index is 0.127. The van der Waals surface area contributed by atoms with Crippen molar-refractivity contribution in [3.63, 3.8) is 0 Å². The second-order valence-electron chi connectivity index (χ2n) is 5.79. The highest BCUT2D eigenvalue weighted by molar-refractivity contribution is 7.99. The van der Waals surface area contributed by atoms with Crippen LogP contribution in [0.25, 0.3) is 10.7 Å². The highest BCUT2D eigenvalue weighted by atomic mass is 35.5. The summed E-state index contributed by atoms with van der Waals surface area (Å²) < 4.78 is 7.44. The molecule has 0 atom stereocenters. The van der Waals surface area contributed by atoms with Gasteiger partial charge in [0.05, 0.1) is 23.4 Å². The van der Waals surface area contributed by atoms with Gasteiger partial charge in [-0.15, -0.1) is 21.5 Å². The van der Waals surface area contributed by atoms with Crippen LogP contribution >= 0.6 is 34.7 Å². The number of thiophene rings is 1. The quantitative estimate of drug-likeness (QED) is 0.416. The molecule has 1 N–H and O–H groups in total. The highest BCUT2D eigenvalue weighted by Crippen LogP contribution is 2.28. The summed E-state index contributed by atoms with van der Waals surface area (Å²) in [5.74, 6) is 1.64. The first kappa shape index (κ1) is 18.8. The van der Waals surface area contributed by atoms with Gasteiger partial charge in [0.2, 0.25) is 5.91 Å². The fourth-order valence-corrected chi connectivity index (χ4v) is 4.13. The number of benzene rings is 1. The van der Waals surface area contributed by atoms with Gasteiger partial charge in [0.25, 0.3) is 0 Å². The van der Waals surface area contributed by atoms with Crippen molar-refractivity contribution >= 4 is 46.3 Å². The monoisotopic (exact) mass is 430 g/mol. The van der Waals surface area contributed by atoms with Gasteiger partial charge < -0.3 is 9.73 Å². The van der Waals surface area contributed by atoms with E-state index in [0.29, 0.717) is 22.4 Å². The Morgan fingerprint density at radius 3 is 2.75 bits per heavy atom. The number of carbonyl (C=O) groups excluding carboxylic acids is 1. The Bertz CT molecular complexity index is 1040. The van der Waals surface area contributed by atoms with Crippen LogP contribution in [0.4, 0.5) is 5.69 Å². The number of hydrogen-bond donors (Lipinski definition) is 1. The minimum atomic E-state index is -0.127. The van der Waals surface area contributed by atoms with E-state index in [1.54, 1.807) is 41.9 Å². The Hall–Kier alpha value is -2.55. The molecule has 0 aliphatic heterocycles. The fraction of sp³-hybridized carbons (Fsp3) is 0.105. The van der Waals surface area contributed by atoms with Crippen molar-refractivity contribution < 1.29 is 9.21 Å². The zero-order valence-electron chi connectivity index (χ0n) is 14.5. The zero-order valence-corrected chi connectivity index (χ0v) is 16.9. The van der Waals surface area contributed by atoms with Gasteiger partial charge in [0.1, 0.15) is 5.76 Å². The molecule has 0 fully saturated rings. The molecule has 142 valence electrons. The molecule has 3 aromatic heterocycles. The van der Waals surface area contributed by atoms with Crippen LogP contribution in [-0.2, 0) is 11.3 Å². The van der Waals surface area contributed by atoms with Crippen LogP contribution < -0.4 is 5.32 Å². The molecule has 0 bridgehead atoms. The molecule has 4 rings (SSSR count). The van der Waals surface area contributed by atoms with Gasteiger partial charge in [0.15, 0.2) is 11.0 Å². The Morgan fingerprint density at radius 1 is 1.18 bits per heavy atom. The number of aromatic nitrogens is 3. The average molecular weight is 431 g/mol. The van der Waals surface area contributed by atoms with Crippen LogP contribution in [-0.4, -0.2) is 26.4 Å². The summed E-state index contributed by atoms with van der Waals surface area (Å²) in [5, 5.41) is 14.7. The third-order valence-electron chi connectivity index (χ3n) is 3.81. The van der Waals surface area contributed by atoms with Crippen molar-refractivity contribution in [2.45, 2.75) is 11.7 Å². The predicted octanol–water partition coefficient (Wildman–Crippen LogP) is 5.03. The van der Waals surface area contributed by atoms with E-state index in [-0.39, 0.29) is 11.7 Å². The lowest BCUT2D eigenvalue weighted by Gasteiger charge is -2.08. The highest BCUT2D eigenvalue weighted by Gasteiger charge is 2.17. The molecule has 1 amide bonds. The lowest BCUT2D eigenvalue weighted by atomic mass is 10.3. The molecule has 0 radical (unpaired) electrons. The number of nitrogens with zero attached hydrogens (tertiary/aromatic N) is 3. The summed E-state index contributed by atoms with van der Waals surface area (Å²) in [6, 6.07) is 14.7. The van der Waals surface area contributed by atoms with E-state index < -0.39 is 0 Å². The Labute approximate surface area is 174 Å². The summed E-state index contributed by atoms with van der Waals surface area (Å²) in [7, 11) is 0. The van der Waals surface area contributed by atoms with Crippen LogP contribution in [0.5, 0.6) is 0 Å². The molecular weight excluding hydrogens is 416 g/mol. The van der Waals surface area contributed by atoms with E-state index in [2.05, 4.69) is 15.5 Å². The molecule has 9 heteroatoms. The van der Waals surface area contributed by atoms with E-state index in [4.69, 9.17) is 16.0 Å². The third-order valence-corrected chi connectivity index (χ3v) is 5.90. The number of halogens is 1. The van der Waals surface area contributed by atoms with Crippen molar-refractivity contribution in [1.29, 1.82) is 0 Å². The number of hydrogen-bond acceptors (Lipinski definition) is 6. The summed E-state index contributed by atoms with van der Waals surface area (Å²) in [6.45, 7) is 0.494. The summed E-state index contributed by atoms with van der Waals surface area (Å²) in [6.07, 6.45) is 1.64. The maximum absolute atomic E-state index is 12.3. The predicted molar refractivity (Wildman–Crippen MR) is 112 cm³/mol. The van der Waals surface area contributed by atoms with Gasteiger partial charge in [-0.3, -0.25) is 9.36 Å². The molecule has 0 unspecified atom stereocenters. The van der Waals surface area contributed by atoms with Crippen LogP contribution in [0.3, 0.4) is 0 Å². The van der Waals surface area contributed by atoms with E-state index >= 15 is 0 Å². The number of nitrogens with one attached hydrogen (secondary N) is 1. The Balaban J connectivity index is 1.49. The normalized spacial score (nSPS) is 10.9. The standard InChI is InChI=1S/C19H15ClN4O2S2/c20-13-5-7-14(8-6-13)21-17(25)12-28-19-23-22-18(16-4-2-10-27-16)24(19)11-15-3-1-9-26-15/h1-10H,11-12H2,(H,21,25). The van der Waals surface area contributed by atoms with Crippen molar-refractivity contribution in [2.24, 2.45) is 0 Å². The Morgan fingerprint density at radius 2 is 2.04 bits per heavy atom. The molecule has 6 nitrogen and oxygen atoms in total. The summed E-state index contributed by atoms with van der Waals surface area (Å²) in [4.78, 5) is 13.3. The van der Waals surface area contributed by atoms with Crippen LogP contribution in [0, 0.1) is 0 Å². The molecular formula is C19H15ClN4O2S2. The maximum Gasteiger partial charge on any atom is 0.234 e. The van der Waals surface area contributed by atoms with Crippen LogP contribution in [0.1, 0.15) is 5.76 Å². The first-order chi connectivity index (χ1) is 13.7. The number of amides is 1. The molecule has 0 aliphatic rings. The minimum Gasteiger partial charge on any atom is -0.467 e. The number of furan rings is 1. The second-order valence-corrected chi connectivity index (χ2v) is 8.12. The van der Waals surface area contributed by atoms with Gasteiger partial charge >= 0.3 is 0 Å². The fourth-order valence-electron chi connectivity index (χ4n) is 2.54. The van der Waals surface area contributed by atoms with E-state index in [1.165, 1.54) is 11.8 Å². The topological polar surface area (TPSA) is 73.0 Å². The second kappa shape index (κ2) is 8.64. The van der Waals surface area contributed by atoms with Crippen molar-refractivity contribution in [3.05, 3.63) is 71.0 Å². The van der Waals surface area contributed by atoms with E-state index in [9.17, 15) is 4.79 Å². The smallest absolute Gasteiger partial charge is 0.234 e. The van der Waals surface area contributed by atoms with Gasteiger partial charge in [-0.05, 0) is 47.8 Å². The van der Waals surface area contributed by atoms with Crippen molar-refractivity contribution in [1.82, 2.24) is 14.8 Å². The lowest BCUT2D eigenvalue weighted by molar-refractivity contribution is -0.113. The van der Waals surface area contributed by atoms with E-state index in [0.717, 1.165) is 16.5 Å². The van der Waals surface area contributed by atoms with Gasteiger partial charge in [-0.2, -0.15) is 0 Å². The molecule has 0 saturated heterocycles. The molecule has 4 aromatic rings. The van der Waals surface area contributed by atoms with Crippen molar-refractivity contribution in [2.75, 3.05) is 11.1 Å². The molecule has 28 heavy (non-hydrogen) atoms. The Kier molecular flexibility index (Phi) is 5.80. The number of thioether (sulfide) groups is 1. The number of anilines is 1. The summed E-state index contributed by atoms with van der Waals surface area (Å²) in [5.41, 5.74) is 0.700. The number of carbonyl (C=O) groups is 1. The van der Waals surface area contributed by atoms with E-state index in [1.807, 2.05) is 34.2 Å². The third kappa shape index (κ3) is 4.46. The maximum atomic E-state index is 12.3. The van der Waals surface area contributed by atoms with Crippen LogP contribution in [0.15, 0.2) is 69.7 Å².